The Hall–Kier alpha value is -2.54. The smallest absolute Gasteiger partial charge is 0.314 e. The molecule has 162 valence electrons. The minimum absolute atomic E-state index is 0.137. The zero-order valence-corrected chi connectivity index (χ0v) is 17.8. The van der Waals surface area contributed by atoms with E-state index in [-0.39, 0.29) is 29.4 Å². The van der Waals surface area contributed by atoms with Crippen LogP contribution < -0.4 is 4.31 Å². The van der Waals surface area contributed by atoms with Gasteiger partial charge in [-0.25, -0.2) is 17.8 Å². The molecule has 8 nitrogen and oxygen atoms in total. The van der Waals surface area contributed by atoms with Crippen LogP contribution in [0.4, 0.5) is 18.9 Å². The Morgan fingerprint density at radius 2 is 1.97 bits per heavy atom. The number of rotatable bonds is 8. The summed E-state index contributed by atoms with van der Waals surface area (Å²) in [7, 11) is -3.75. The van der Waals surface area contributed by atoms with Crippen LogP contribution in [0.15, 0.2) is 29.1 Å². The first-order valence-corrected chi connectivity index (χ1v) is 11.2. The number of halogens is 3. The first-order chi connectivity index (χ1) is 14.0. The molecule has 0 aromatic carbocycles. The van der Waals surface area contributed by atoms with E-state index in [0.717, 1.165) is 15.6 Å². The van der Waals surface area contributed by atoms with Crippen molar-refractivity contribution in [3.05, 3.63) is 41.1 Å². The fraction of sp³-hybridized carbons (Fsp3) is 0.412. The third kappa shape index (κ3) is 4.78. The number of anilines is 1. The number of thiazole rings is 1. The first kappa shape index (κ1) is 22.2. The lowest BCUT2D eigenvalue weighted by Crippen LogP contribution is -2.32. The molecule has 30 heavy (non-hydrogen) atoms. The van der Waals surface area contributed by atoms with Gasteiger partial charge in [-0.2, -0.15) is 8.78 Å². The van der Waals surface area contributed by atoms with Crippen molar-refractivity contribution in [1.29, 1.82) is 0 Å². The monoisotopic (exact) mass is 461 g/mol. The second-order valence-corrected chi connectivity index (χ2v) is 9.97. The molecule has 0 saturated carbocycles. The average molecular weight is 461 g/mol. The van der Waals surface area contributed by atoms with Gasteiger partial charge in [0.1, 0.15) is 15.6 Å². The van der Waals surface area contributed by atoms with Crippen LogP contribution in [0.3, 0.4) is 0 Å². The summed E-state index contributed by atoms with van der Waals surface area (Å²) in [4.78, 5) is 8.41. The molecule has 0 aliphatic rings. The van der Waals surface area contributed by atoms with Gasteiger partial charge in [-0.15, -0.1) is 21.5 Å². The molecule has 3 rings (SSSR count). The Bertz CT molecular complexity index is 1130. The van der Waals surface area contributed by atoms with E-state index in [4.69, 9.17) is 4.42 Å². The lowest BCUT2D eigenvalue weighted by Gasteiger charge is -2.24. The van der Waals surface area contributed by atoms with Crippen molar-refractivity contribution < 1.29 is 26.0 Å². The summed E-state index contributed by atoms with van der Waals surface area (Å²) in [6, 6.07) is 1.42. The van der Waals surface area contributed by atoms with Crippen LogP contribution in [0.5, 0.6) is 0 Å². The van der Waals surface area contributed by atoms with Gasteiger partial charge in [-0.05, 0) is 26.8 Å². The van der Waals surface area contributed by atoms with Crippen molar-refractivity contribution in [2.75, 3.05) is 10.1 Å². The Kier molecular flexibility index (Phi) is 6.13. The van der Waals surface area contributed by atoms with Crippen LogP contribution in [-0.2, 0) is 22.2 Å². The zero-order valence-electron chi connectivity index (χ0n) is 16.2. The highest BCUT2D eigenvalue weighted by Crippen LogP contribution is 2.32. The standard InChI is InChI=1S/C17H18F3N5O3S2/c1-4-30(26,27)25(11-5-10(6-21-7-11)17(2,3)20)9-13-22-8-12(29-13)15-23-24-16(28-15)14(18)19/h5-8,14H,4,9H2,1-3H3. The summed E-state index contributed by atoms with van der Waals surface area (Å²) in [6.45, 7) is 4.01. The van der Waals surface area contributed by atoms with E-state index in [2.05, 4.69) is 20.2 Å². The molecule has 0 fully saturated rings. The van der Waals surface area contributed by atoms with Gasteiger partial charge in [-0.3, -0.25) is 9.29 Å². The molecule has 0 aliphatic carbocycles. The van der Waals surface area contributed by atoms with Gasteiger partial charge in [-0.1, -0.05) is 0 Å². The molecular formula is C17H18F3N5O3S2. The van der Waals surface area contributed by atoms with Gasteiger partial charge in [0, 0.05) is 11.8 Å². The van der Waals surface area contributed by atoms with E-state index in [1.807, 2.05) is 0 Å². The van der Waals surface area contributed by atoms with Gasteiger partial charge in [0.25, 0.3) is 11.8 Å². The number of hydrogen-bond acceptors (Lipinski definition) is 8. The van der Waals surface area contributed by atoms with Gasteiger partial charge in [0.15, 0.2) is 0 Å². The van der Waals surface area contributed by atoms with Gasteiger partial charge in [0.2, 0.25) is 10.0 Å². The minimum Gasteiger partial charge on any atom is -0.414 e. The molecule has 13 heteroatoms. The molecule has 3 aromatic rings. The number of pyridine rings is 1. The van der Waals surface area contributed by atoms with Crippen molar-refractivity contribution in [1.82, 2.24) is 20.2 Å². The molecule has 3 aromatic heterocycles. The van der Waals surface area contributed by atoms with Crippen LogP contribution in [0.2, 0.25) is 0 Å². The third-order valence-electron chi connectivity index (χ3n) is 4.07. The normalized spacial score (nSPS) is 12.5. The molecule has 0 bridgehead atoms. The lowest BCUT2D eigenvalue weighted by molar-refractivity contribution is 0.116. The SMILES string of the molecule is CCS(=O)(=O)N(Cc1ncc(-c2nnc(C(F)F)o2)s1)c1cncc(C(C)(C)F)c1. The molecular weight excluding hydrogens is 443 g/mol. The lowest BCUT2D eigenvalue weighted by atomic mass is 10.0. The molecule has 0 unspecified atom stereocenters. The highest BCUT2D eigenvalue weighted by molar-refractivity contribution is 7.92. The van der Waals surface area contributed by atoms with Crippen molar-refractivity contribution >= 4 is 27.0 Å². The zero-order chi connectivity index (χ0) is 22.1. The maximum absolute atomic E-state index is 14.3. The van der Waals surface area contributed by atoms with Crippen LogP contribution >= 0.6 is 11.3 Å². The predicted molar refractivity (Wildman–Crippen MR) is 104 cm³/mol. The van der Waals surface area contributed by atoms with Crippen LogP contribution in [0, 0.1) is 0 Å². The van der Waals surface area contributed by atoms with Gasteiger partial charge in [0.05, 0.1) is 30.4 Å². The second-order valence-electron chi connectivity index (χ2n) is 6.68. The number of sulfonamides is 1. The third-order valence-corrected chi connectivity index (χ3v) is 6.78. The number of alkyl halides is 3. The van der Waals surface area contributed by atoms with Crippen molar-refractivity contribution in [3.8, 4) is 10.8 Å². The highest BCUT2D eigenvalue weighted by atomic mass is 32.2. The van der Waals surface area contributed by atoms with Gasteiger partial charge < -0.3 is 4.42 Å². The molecule has 0 saturated heterocycles. The van der Waals surface area contributed by atoms with E-state index in [0.29, 0.717) is 9.88 Å². The van der Waals surface area contributed by atoms with Crippen molar-refractivity contribution in [2.24, 2.45) is 0 Å². The minimum atomic E-state index is -3.75. The summed E-state index contributed by atoms with van der Waals surface area (Å²) in [6.07, 6.45) is 1.09. The maximum atomic E-state index is 14.3. The summed E-state index contributed by atoms with van der Waals surface area (Å²) < 4.78 is 70.9. The fourth-order valence-electron chi connectivity index (χ4n) is 2.42. The molecule has 0 aliphatic heterocycles. The summed E-state index contributed by atoms with van der Waals surface area (Å²) in [5.41, 5.74) is -1.30. The predicted octanol–water partition coefficient (Wildman–Crippen LogP) is 4.09. The molecule has 0 amide bonds. The Morgan fingerprint density at radius 1 is 1.23 bits per heavy atom. The van der Waals surface area contributed by atoms with E-state index in [9.17, 15) is 21.6 Å². The Balaban J connectivity index is 1.93. The van der Waals surface area contributed by atoms with E-state index >= 15 is 0 Å². The Labute approximate surface area is 174 Å². The van der Waals surface area contributed by atoms with Crippen LogP contribution in [0.25, 0.3) is 10.8 Å². The van der Waals surface area contributed by atoms with Crippen LogP contribution in [-0.4, -0.2) is 34.3 Å². The number of hydrogen-bond donors (Lipinski definition) is 0. The molecule has 0 radical (unpaired) electrons. The quantitative estimate of drug-likeness (QED) is 0.498. The fourth-order valence-corrected chi connectivity index (χ4v) is 4.38. The largest absolute Gasteiger partial charge is 0.414 e. The second kappa shape index (κ2) is 8.30. The number of nitrogens with zero attached hydrogens (tertiary/aromatic N) is 5. The maximum Gasteiger partial charge on any atom is 0.314 e. The topological polar surface area (TPSA) is 102 Å². The van der Waals surface area contributed by atoms with Crippen molar-refractivity contribution in [3.63, 3.8) is 0 Å². The summed E-state index contributed by atoms with van der Waals surface area (Å²) >= 11 is 1.02. The molecule has 0 spiro atoms. The molecule has 0 atom stereocenters. The van der Waals surface area contributed by atoms with Crippen LogP contribution in [0.1, 0.15) is 43.7 Å². The average Bonchev–Trinajstić information content (AvgIpc) is 3.35. The van der Waals surface area contributed by atoms with E-state index in [1.165, 1.54) is 45.4 Å². The van der Waals surface area contributed by atoms with Gasteiger partial charge >= 0.3 is 6.43 Å². The highest BCUT2D eigenvalue weighted by Gasteiger charge is 2.26. The van der Waals surface area contributed by atoms with Crippen molar-refractivity contribution in [2.45, 2.75) is 39.4 Å². The molecule has 0 N–H and O–H groups in total. The van der Waals surface area contributed by atoms with E-state index < -0.39 is 28.0 Å². The number of aromatic nitrogens is 4. The first-order valence-electron chi connectivity index (χ1n) is 8.72. The molecule has 3 heterocycles. The summed E-state index contributed by atoms with van der Waals surface area (Å²) in [5.74, 6) is -1.15. The Morgan fingerprint density at radius 3 is 2.57 bits per heavy atom. The van der Waals surface area contributed by atoms with E-state index in [1.54, 1.807) is 0 Å². The summed E-state index contributed by atoms with van der Waals surface area (Å²) in [5, 5.41) is 7.16.